The molecular formula is C30H21F2N9O12S3. The first-order valence-corrected chi connectivity index (χ1v) is 19.0. The summed E-state index contributed by atoms with van der Waals surface area (Å²) in [6, 6.07) is 15.3. The highest BCUT2D eigenvalue weighted by atomic mass is 32.2. The molecule has 0 amide bonds. The average Bonchev–Trinajstić information content (AvgIpc) is 3.10. The van der Waals surface area contributed by atoms with Crippen molar-refractivity contribution in [1.82, 2.24) is 9.97 Å². The molecule has 0 fully saturated rings. The van der Waals surface area contributed by atoms with Crippen LogP contribution in [0.5, 0.6) is 5.75 Å². The molecule has 7 N–H and O–H groups in total. The average molecular weight is 834 g/mol. The van der Waals surface area contributed by atoms with Crippen molar-refractivity contribution < 1.29 is 62.7 Å². The van der Waals surface area contributed by atoms with Gasteiger partial charge in [0.1, 0.15) is 16.4 Å². The van der Waals surface area contributed by atoms with Gasteiger partial charge in [-0.25, -0.2) is 4.79 Å². The monoisotopic (exact) mass is 833 g/mol. The van der Waals surface area contributed by atoms with Gasteiger partial charge in [-0.2, -0.15) is 59.3 Å². The van der Waals surface area contributed by atoms with E-state index in [1.54, 1.807) is 0 Å². The van der Waals surface area contributed by atoms with Gasteiger partial charge in [0.05, 0.1) is 32.4 Å². The third-order valence-corrected chi connectivity index (χ3v) is 9.40. The molecule has 56 heavy (non-hydrogen) atoms. The van der Waals surface area contributed by atoms with Crippen molar-refractivity contribution >= 4 is 76.4 Å². The Hall–Kier alpha value is -6.71. The molecule has 0 atom stereocenters. The van der Waals surface area contributed by atoms with Gasteiger partial charge in [0.25, 0.3) is 30.4 Å². The molecule has 21 nitrogen and oxygen atoms in total. The Labute approximate surface area is 313 Å². The molecular weight excluding hydrogens is 813 g/mol. The van der Waals surface area contributed by atoms with Crippen LogP contribution < -0.4 is 10.7 Å². The zero-order chi connectivity index (χ0) is 41.0. The zero-order valence-electron chi connectivity index (χ0n) is 27.3. The van der Waals surface area contributed by atoms with E-state index in [2.05, 4.69) is 46.3 Å². The lowest BCUT2D eigenvalue weighted by Gasteiger charge is -2.09. The van der Waals surface area contributed by atoms with Gasteiger partial charge in [0, 0.05) is 17.3 Å². The second-order valence-corrected chi connectivity index (χ2v) is 15.0. The number of hydrogen-bond acceptors (Lipinski definition) is 16. The summed E-state index contributed by atoms with van der Waals surface area (Å²) in [7, 11) is -15.3. The summed E-state index contributed by atoms with van der Waals surface area (Å²) in [6.07, 6.45) is -1.28. The van der Waals surface area contributed by atoms with Crippen LogP contribution in [0.15, 0.2) is 125 Å². The van der Waals surface area contributed by atoms with E-state index in [4.69, 9.17) is 0 Å². The predicted molar refractivity (Wildman–Crippen MR) is 188 cm³/mol. The fourth-order valence-electron chi connectivity index (χ4n) is 4.35. The van der Waals surface area contributed by atoms with Crippen LogP contribution in [-0.2, 0) is 30.4 Å². The van der Waals surface area contributed by atoms with Crippen LogP contribution in [0.4, 0.5) is 43.0 Å². The van der Waals surface area contributed by atoms with Gasteiger partial charge in [-0.05, 0) is 66.7 Å². The minimum atomic E-state index is -5.31. The molecule has 0 aliphatic heterocycles. The molecule has 1 aromatic heterocycles. The number of aromatic nitrogens is 2. The molecule has 0 bridgehead atoms. The van der Waals surface area contributed by atoms with E-state index in [1.165, 1.54) is 48.5 Å². The third kappa shape index (κ3) is 10.3. The molecule has 0 saturated heterocycles. The zero-order valence-corrected chi connectivity index (χ0v) is 29.7. The Bertz CT molecular complexity index is 2790. The fraction of sp³-hybridized carbons (Fsp3) is 0. The van der Waals surface area contributed by atoms with Crippen LogP contribution in [0.25, 0.3) is 0 Å². The number of anilines is 3. The van der Waals surface area contributed by atoms with Crippen LogP contribution in [0.3, 0.4) is 0 Å². The molecule has 4 aromatic carbocycles. The molecule has 5 rings (SSSR count). The molecule has 0 aliphatic rings. The van der Waals surface area contributed by atoms with E-state index in [1.807, 2.05) is 0 Å². The number of nitrogens with one attached hydrogen (secondary N) is 2. The lowest BCUT2D eigenvalue weighted by molar-refractivity contribution is 0.0697. The highest BCUT2D eigenvalue weighted by molar-refractivity contribution is 7.86. The van der Waals surface area contributed by atoms with Crippen molar-refractivity contribution in [2.24, 2.45) is 25.6 Å². The van der Waals surface area contributed by atoms with Crippen LogP contribution in [-0.4, -0.2) is 70.9 Å². The maximum absolute atomic E-state index is 13.4. The van der Waals surface area contributed by atoms with Crippen LogP contribution in [0.1, 0.15) is 15.9 Å². The van der Waals surface area contributed by atoms with Gasteiger partial charge in [0.15, 0.2) is 5.75 Å². The number of phenolic OH excluding ortho intramolecular Hbond substituents is 1. The number of phenols is 1. The minimum absolute atomic E-state index is 0.0372. The number of carboxylic acid groups (broad SMARTS) is 1. The van der Waals surface area contributed by atoms with Gasteiger partial charge in [-0.3, -0.25) is 19.1 Å². The lowest BCUT2D eigenvalue weighted by atomic mass is 10.2. The van der Waals surface area contributed by atoms with Gasteiger partial charge < -0.3 is 15.5 Å². The summed E-state index contributed by atoms with van der Waals surface area (Å²) in [5, 5.41) is 42.4. The van der Waals surface area contributed by atoms with Crippen molar-refractivity contribution in [1.29, 1.82) is 0 Å². The van der Waals surface area contributed by atoms with Crippen LogP contribution in [0, 0.1) is 12.0 Å². The smallest absolute Gasteiger partial charge is 0.337 e. The first kappa shape index (κ1) is 40.5. The topological polar surface area (TPSA) is 332 Å². The van der Waals surface area contributed by atoms with Crippen molar-refractivity contribution in [3.05, 3.63) is 108 Å². The Balaban J connectivity index is 1.55. The van der Waals surface area contributed by atoms with Gasteiger partial charge in [-0.15, -0.1) is 10.2 Å². The number of azo groups is 2. The van der Waals surface area contributed by atoms with Crippen LogP contribution in [0.2, 0.25) is 0 Å². The number of hydrazone groups is 1. The molecule has 5 aromatic rings. The summed E-state index contributed by atoms with van der Waals surface area (Å²) in [4.78, 5) is 14.9. The molecule has 0 radical (unpaired) electrons. The number of amidine groups is 1. The first-order chi connectivity index (χ1) is 26.2. The van der Waals surface area contributed by atoms with E-state index in [0.29, 0.717) is 17.8 Å². The summed E-state index contributed by atoms with van der Waals surface area (Å²) in [6.45, 7) is 0. The Kier molecular flexibility index (Phi) is 11.5. The van der Waals surface area contributed by atoms with E-state index in [-0.39, 0.29) is 28.8 Å². The van der Waals surface area contributed by atoms with E-state index < -0.39 is 91.6 Å². The number of hydrogen-bond donors (Lipinski definition) is 7. The molecule has 0 spiro atoms. The number of carboxylic acids is 1. The third-order valence-electron chi connectivity index (χ3n) is 6.85. The molecule has 1 heterocycles. The van der Waals surface area contributed by atoms with Crippen LogP contribution >= 0.6 is 0 Å². The Morgan fingerprint density at radius 2 is 1.39 bits per heavy atom. The minimum Gasteiger partial charge on any atom is -0.504 e. The molecule has 0 saturated carbocycles. The van der Waals surface area contributed by atoms with E-state index >= 15 is 0 Å². The molecule has 290 valence electrons. The number of aromatic hydroxyl groups is 1. The second-order valence-electron chi connectivity index (χ2n) is 10.7. The van der Waals surface area contributed by atoms with E-state index in [0.717, 1.165) is 18.2 Å². The summed E-state index contributed by atoms with van der Waals surface area (Å²) in [5.74, 6) is -4.69. The van der Waals surface area contributed by atoms with Gasteiger partial charge in [-0.1, -0.05) is 12.1 Å². The number of rotatable bonds is 12. The summed E-state index contributed by atoms with van der Waals surface area (Å²) in [5.41, 5.74) is 0.983. The van der Waals surface area contributed by atoms with Gasteiger partial charge >= 0.3 is 12.0 Å². The molecule has 0 aliphatic carbocycles. The van der Waals surface area contributed by atoms with Crippen molar-refractivity contribution in [3.63, 3.8) is 0 Å². The molecule has 0 unspecified atom stereocenters. The lowest BCUT2D eigenvalue weighted by Crippen LogP contribution is -2.08. The summed E-state index contributed by atoms with van der Waals surface area (Å²) < 4.78 is 126. The predicted octanol–water partition coefficient (Wildman–Crippen LogP) is 5.62. The van der Waals surface area contributed by atoms with Crippen molar-refractivity contribution in [2.45, 2.75) is 14.7 Å². The maximum Gasteiger partial charge on any atom is 0.337 e. The largest absolute Gasteiger partial charge is 0.504 e. The number of benzene rings is 4. The number of aromatic carboxylic acids is 1. The highest BCUT2D eigenvalue weighted by Gasteiger charge is 2.24. The normalized spacial score (nSPS) is 12.6. The SMILES string of the molecule is O=C(O)c1ccc(S(=O)(=O)O)cc1N/N=C(\N=Nc1cc(S(=O)(=O)O)cc(S(=O)(=O)O)c1O)c1cccc(N=Nc2ccc(Nc3cc(F)nc(F)n3)cc2)c1. The number of nitrogens with zero attached hydrogens (tertiary/aromatic N) is 7. The second kappa shape index (κ2) is 15.9. The van der Waals surface area contributed by atoms with E-state index in [9.17, 15) is 62.7 Å². The highest BCUT2D eigenvalue weighted by Crippen LogP contribution is 2.37. The summed E-state index contributed by atoms with van der Waals surface area (Å²) >= 11 is 0. The first-order valence-electron chi connectivity index (χ1n) is 14.7. The Morgan fingerprint density at radius 3 is 2.02 bits per heavy atom. The quantitative estimate of drug-likeness (QED) is 0.0153. The molecule has 26 heteroatoms. The number of halogens is 2. The maximum atomic E-state index is 13.4. The Morgan fingerprint density at radius 1 is 0.714 bits per heavy atom. The fourth-order valence-corrected chi connectivity index (χ4v) is 6.08. The van der Waals surface area contributed by atoms with Gasteiger partial charge in [0.2, 0.25) is 11.8 Å². The number of carbonyl (C=O) groups is 1. The van der Waals surface area contributed by atoms with Crippen molar-refractivity contribution in [3.8, 4) is 5.75 Å². The van der Waals surface area contributed by atoms with Crippen molar-refractivity contribution in [2.75, 3.05) is 10.7 Å². The standard InChI is InChI=1S/C30H21F2N9O12S3/c31-25-14-26(35-30(32)34-25)33-16-4-6-17(7-5-16)36-37-18-3-1-2-15(10-18)28(40-38-22-11-19(54(45,46)47)8-9-21(22)29(43)44)41-39-23-12-20(55(48,49)50)13-24(27(23)42)56(51,52)53/h1-14,38,42H,(H,43,44)(H,33,34,35)(H,45,46,47)(H,48,49,50)(H,51,52,53)/b37-36?,40-28-,41-39?.